The van der Waals surface area contributed by atoms with Gasteiger partial charge in [0.15, 0.2) is 0 Å². The maximum absolute atomic E-state index is 9.24. The van der Waals surface area contributed by atoms with E-state index in [0.29, 0.717) is 12.1 Å². The lowest BCUT2D eigenvalue weighted by Gasteiger charge is -2.32. The Morgan fingerprint density at radius 2 is 2.35 bits per heavy atom. The van der Waals surface area contributed by atoms with Crippen LogP contribution in [0, 0.1) is 25.2 Å². The molecule has 5 heteroatoms. The van der Waals surface area contributed by atoms with Gasteiger partial charge in [0.05, 0.1) is 29.7 Å². The fourth-order valence-electron chi connectivity index (χ4n) is 2.52. The summed E-state index contributed by atoms with van der Waals surface area (Å²) in [6.45, 7) is 10.5. The van der Waals surface area contributed by atoms with E-state index >= 15 is 0 Å². The first-order valence-corrected chi connectivity index (χ1v) is 7.10. The highest BCUT2D eigenvalue weighted by atomic mass is 16.5. The number of anilines is 1. The summed E-state index contributed by atoms with van der Waals surface area (Å²) in [6, 6.07) is 4.15. The molecule has 1 aliphatic rings. The Hall–Kier alpha value is -1.64. The Morgan fingerprint density at radius 1 is 1.55 bits per heavy atom. The standard InChI is InChI=1S/C15H22N4O/c1-4-19-5-6-20-13(10-19)9-17-15-7-11(2)18-12(3)14(15)8-16/h7,13H,4-6,9-10H2,1-3H3,(H,17,18). The van der Waals surface area contributed by atoms with Gasteiger partial charge in [0.2, 0.25) is 0 Å². The molecule has 1 atom stereocenters. The van der Waals surface area contributed by atoms with E-state index in [4.69, 9.17) is 4.74 Å². The second-order valence-corrected chi connectivity index (χ2v) is 5.15. The number of morpholine rings is 1. The molecular weight excluding hydrogens is 252 g/mol. The van der Waals surface area contributed by atoms with Crippen LogP contribution in [-0.2, 0) is 4.74 Å². The van der Waals surface area contributed by atoms with Gasteiger partial charge in [-0.2, -0.15) is 5.26 Å². The summed E-state index contributed by atoms with van der Waals surface area (Å²) in [6.07, 6.45) is 0.170. The van der Waals surface area contributed by atoms with Gasteiger partial charge in [0.1, 0.15) is 6.07 Å². The third kappa shape index (κ3) is 3.47. The van der Waals surface area contributed by atoms with Crippen molar-refractivity contribution >= 4 is 5.69 Å². The van der Waals surface area contributed by atoms with Crippen LogP contribution in [0.2, 0.25) is 0 Å². The minimum absolute atomic E-state index is 0.170. The van der Waals surface area contributed by atoms with Gasteiger partial charge >= 0.3 is 0 Å². The van der Waals surface area contributed by atoms with Gasteiger partial charge in [-0.1, -0.05) is 6.92 Å². The molecule has 1 unspecified atom stereocenters. The van der Waals surface area contributed by atoms with Crippen molar-refractivity contribution in [1.29, 1.82) is 5.26 Å². The largest absolute Gasteiger partial charge is 0.381 e. The number of nitrogens with zero attached hydrogens (tertiary/aromatic N) is 3. The molecule has 1 aromatic heterocycles. The summed E-state index contributed by atoms with van der Waals surface area (Å²) in [5, 5.41) is 12.6. The van der Waals surface area contributed by atoms with Gasteiger partial charge in [-0.3, -0.25) is 9.88 Å². The number of rotatable bonds is 4. The zero-order valence-corrected chi connectivity index (χ0v) is 12.4. The molecule has 1 fully saturated rings. The number of pyridine rings is 1. The number of hydrogen-bond donors (Lipinski definition) is 1. The number of aryl methyl sites for hydroxylation is 2. The van der Waals surface area contributed by atoms with Gasteiger partial charge in [-0.25, -0.2) is 0 Å². The quantitative estimate of drug-likeness (QED) is 0.905. The number of likely N-dealkylation sites (N-methyl/N-ethyl adjacent to an activating group) is 1. The van der Waals surface area contributed by atoms with Crippen LogP contribution in [0.4, 0.5) is 5.69 Å². The smallest absolute Gasteiger partial charge is 0.103 e. The van der Waals surface area contributed by atoms with Crippen LogP contribution >= 0.6 is 0 Å². The average molecular weight is 274 g/mol. The SMILES string of the molecule is CCN1CCOC(CNc2cc(C)nc(C)c2C#N)C1. The molecule has 108 valence electrons. The molecule has 1 saturated heterocycles. The second-order valence-electron chi connectivity index (χ2n) is 5.15. The van der Waals surface area contributed by atoms with E-state index in [2.05, 4.69) is 28.2 Å². The van der Waals surface area contributed by atoms with E-state index in [1.807, 2.05) is 19.9 Å². The van der Waals surface area contributed by atoms with Crippen molar-refractivity contribution in [2.24, 2.45) is 0 Å². The molecule has 0 amide bonds. The van der Waals surface area contributed by atoms with Crippen molar-refractivity contribution in [3.63, 3.8) is 0 Å². The summed E-state index contributed by atoms with van der Waals surface area (Å²) in [5.74, 6) is 0. The van der Waals surface area contributed by atoms with Crippen molar-refractivity contribution < 1.29 is 4.74 Å². The zero-order valence-electron chi connectivity index (χ0n) is 12.4. The molecule has 1 N–H and O–H groups in total. The summed E-state index contributed by atoms with van der Waals surface area (Å²) in [5.41, 5.74) is 3.17. The molecule has 0 radical (unpaired) electrons. The van der Waals surface area contributed by atoms with E-state index in [-0.39, 0.29) is 6.10 Å². The molecule has 1 aliphatic heterocycles. The fraction of sp³-hybridized carbons (Fsp3) is 0.600. The Bertz CT molecular complexity index is 509. The summed E-state index contributed by atoms with van der Waals surface area (Å²) >= 11 is 0. The topological polar surface area (TPSA) is 61.2 Å². The summed E-state index contributed by atoms with van der Waals surface area (Å²) in [7, 11) is 0. The van der Waals surface area contributed by atoms with Gasteiger partial charge in [0, 0.05) is 25.3 Å². The molecule has 20 heavy (non-hydrogen) atoms. The van der Waals surface area contributed by atoms with Crippen LogP contribution in [0.5, 0.6) is 0 Å². The second kappa shape index (κ2) is 6.69. The van der Waals surface area contributed by atoms with E-state index in [9.17, 15) is 5.26 Å². The lowest BCUT2D eigenvalue weighted by molar-refractivity contribution is -0.0191. The molecule has 2 rings (SSSR count). The fourth-order valence-corrected chi connectivity index (χ4v) is 2.52. The summed E-state index contributed by atoms with van der Waals surface area (Å²) < 4.78 is 5.76. The number of nitriles is 1. The van der Waals surface area contributed by atoms with Crippen molar-refractivity contribution in [2.45, 2.75) is 26.9 Å². The Labute approximate surface area is 120 Å². The first-order chi connectivity index (χ1) is 9.63. The molecule has 0 spiro atoms. The zero-order chi connectivity index (χ0) is 14.5. The monoisotopic (exact) mass is 274 g/mol. The molecule has 0 bridgehead atoms. The molecule has 2 heterocycles. The van der Waals surface area contributed by atoms with Crippen LogP contribution in [0.3, 0.4) is 0 Å². The van der Waals surface area contributed by atoms with Gasteiger partial charge in [0.25, 0.3) is 0 Å². The molecule has 0 aromatic carbocycles. The average Bonchev–Trinajstić information content (AvgIpc) is 2.45. The van der Waals surface area contributed by atoms with Gasteiger partial charge in [-0.05, 0) is 26.5 Å². The van der Waals surface area contributed by atoms with Gasteiger partial charge < -0.3 is 10.1 Å². The molecular formula is C15H22N4O. The van der Waals surface area contributed by atoms with Crippen molar-refractivity contribution in [1.82, 2.24) is 9.88 Å². The Morgan fingerprint density at radius 3 is 3.05 bits per heavy atom. The third-order valence-electron chi connectivity index (χ3n) is 3.63. The summed E-state index contributed by atoms with van der Waals surface area (Å²) in [4.78, 5) is 6.70. The van der Waals surface area contributed by atoms with Crippen LogP contribution in [-0.4, -0.2) is 48.8 Å². The molecule has 5 nitrogen and oxygen atoms in total. The maximum Gasteiger partial charge on any atom is 0.103 e. The Kier molecular flexibility index (Phi) is 4.94. The first kappa shape index (κ1) is 14.8. The molecule has 1 aromatic rings. The van der Waals surface area contributed by atoms with Crippen LogP contribution in [0.25, 0.3) is 0 Å². The van der Waals surface area contributed by atoms with Crippen molar-refractivity contribution in [3.05, 3.63) is 23.0 Å². The Balaban J connectivity index is 2.02. The van der Waals surface area contributed by atoms with E-state index < -0.39 is 0 Å². The first-order valence-electron chi connectivity index (χ1n) is 7.10. The number of ether oxygens (including phenoxy) is 1. The highest BCUT2D eigenvalue weighted by molar-refractivity contribution is 5.59. The van der Waals surface area contributed by atoms with E-state index in [0.717, 1.165) is 43.3 Å². The van der Waals surface area contributed by atoms with E-state index in [1.165, 1.54) is 0 Å². The number of hydrogen-bond acceptors (Lipinski definition) is 5. The lowest BCUT2D eigenvalue weighted by Crippen LogP contribution is -2.45. The van der Waals surface area contributed by atoms with Crippen LogP contribution in [0.15, 0.2) is 6.07 Å². The highest BCUT2D eigenvalue weighted by Gasteiger charge is 2.19. The lowest BCUT2D eigenvalue weighted by atomic mass is 10.1. The van der Waals surface area contributed by atoms with Crippen LogP contribution in [0.1, 0.15) is 23.9 Å². The predicted octanol–water partition coefficient (Wildman–Crippen LogP) is 1.70. The highest BCUT2D eigenvalue weighted by Crippen LogP contribution is 2.19. The maximum atomic E-state index is 9.24. The predicted molar refractivity (Wildman–Crippen MR) is 78.8 cm³/mol. The van der Waals surface area contributed by atoms with Crippen LogP contribution < -0.4 is 5.32 Å². The third-order valence-corrected chi connectivity index (χ3v) is 3.63. The van der Waals surface area contributed by atoms with Crippen molar-refractivity contribution in [3.8, 4) is 6.07 Å². The molecule has 0 aliphatic carbocycles. The normalized spacial score (nSPS) is 19.6. The van der Waals surface area contributed by atoms with Gasteiger partial charge in [-0.15, -0.1) is 0 Å². The molecule has 0 saturated carbocycles. The number of aromatic nitrogens is 1. The van der Waals surface area contributed by atoms with E-state index in [1.54, 1.807) is 0 Å². The number of nitrogens with one attached hydrogen (secondary N) is 1. The van der Waals surface area contributed by atoms with Crippen molar-refractivity contribution in [2.75, 3.05) is 38.1 Å². The minimum Gasteiger partial charge on any atom is -0.381 e. The minimum atomic E-state index is 0.170.